The van der Waals surface area contributed by atoms with E-state index < -0.39 is 0 Å². The molecule has 0 unspecified atom stereocenters. The number of rotatable bonds is 3. The second-order valence-corrected chi connectivity index (χ2v) is 5.45. The third kappa shape index (κ3) is 3.25. The highest BCUT2D eigenvalue weighted by Crippen LogP contribution is 2.14. The Bertz CT molecular complexity index is 745. The average Bonchev–Trinajstić information content (AvgIpc) is 2.53. The summed E-state index contributed by atoms with van der Waals surface area (Å²) in [5.74, 6) is -0.236. The smallest absolute Gasteiger partial charge is 0.269 e. The van der Waals surface area contributed by atoms with E-state index in [0.29, 0.717) is 6.67 Å². The van der Waals surface area contributed by atoms with Crippen molar-refractivity contribution >= 4 is 5.69 Å². The molecule has 1 fully saturated rings. The zero-order valence-corrected chi connectivity index (χ0v) is 12.1. The van der Waals surface area contributed by atoms with Crippen LogP contribution in [0.3, 0.4) is 0 Å². The third-order valence-corrected chi connectivity index (χ3v) is 3.93. The van der Waals surface area contributed by atoms with Gasteiger partial charge in [0, 0.05) is 17.8 Å². The predicted octanol–water partition coefficient (Wildman–Crippen LogP) is -0.962. The van der Waals surface area contributed by atoms with Crippen molar-refractivity contribution in [1.29, 1.82) is 0 Å². The van der Waals surface area contributed by atoms with E-state index in [-0.39, 0.29) is 16.9 Å². The van der Waals surface area contributed by atoms with Crippen molar-refractivity contribution in [3.8, 4) is 0 Å². The van der Waals surface area contributed by atoms with E-state index in [1.165, 1.54) is 33.8 Å². The summed E-state index contributed by atoms with van der Waals surface area (Å²) in [6.07, 6.45) is 0. The van der Waals surface area contributed by atoms with Crippen LogP contribution in [-0.4, -0.2) is 36.0 Å². The van der Waals surface area contributed by atoms with Crippen molar-refractivity contribution in [3.05, 3.63) is 62.9 Å². The van der Waals surface area contributed by atoms with Gasteiger partial charge in [-0.15, -0.1) is 0 Å². The lowest BCUT2D eigenvalue weighted by atomic mass is 10.2. The first-order valence-electron chi connectivity index (χ1n) is 7.26. The van der Waals surface area contributed by atoms with Gasteiger partial charge in [0.25, 0.3) is 11.1 Å². The molecule has 3 rings (SSSR count). The van der Waals surface area contributed by atoms with Crippen LogP contribution in [0.4, 0.5) is 10.1 Å². The Kier molecular flexibility index (Phi) is 4.06. The molecule has 0 aliphatic carbocycles. The Morgan fingerprint density at radius 3 is 2.41 bits per heavy atom. The Hall–Kier alpha value is -2.41. The minimum Gasteiger partial charge on any atom is -0.360 e. The molecule has 7 heteroatoms. The van der Waals surface area contributed by atoms with Crippen LogP contribution in [0, 0.1) is 5.82 Å². The van der Waals surface area contributed by atoms with E-state index >= 15 is 0 Å². The van der Waals surface area contributed by atoms with Crippen molar-refractivity contribution in [2.45, 2.75) is 6.67 Å². The molecule has 2 N–H and O–H groups in total. The standard InChI is InChI=1S/C15H17FN4O2/c16-12-1-3-13(4-2-12)19-9-7-18(8-10-19)11-20-15(22)6-5-14(21)17-20/h1-6H,7-11H2,(H,17,21)/p+1. The van der Waals surface area contributed by atoms with E-state index in [0.717, 1.165) is 31.9 Å². The molecular formula is C15H18FN4O2+. The van der Waals surface area contributed by atoms with Gasteiger partial charge in [-0.2, -0.15) is 4.68 Å². The van der Waals surface area contributed by atoms with Gasteiger partial charge in [0.2, 0.25) is 0 Å². The topological polar surface area (TPSA) is 62.5 Å². The third-order valence-electron chi connectivity index (χ3n) is 3.93. The molecule has 2 aromatic rings. The molecule has 1 saturated heterocycles. The Morgan fingerprint density at radius 1 is 1.05 bits per heavy atom. The van der Waals surface area contributed by atoms with Gasteiger partial charge in [0.15, 0.2) is 6.67 Å². The molecule has 1 aliphatic rings. The molecule has 2 heterocycles. The monoisotopic (exact) mass is 305 g/mol. The number of piperazine rings is 1. The van der Waals surface area contributed by atoms with Gasteiger partial charge in [-0.3, -0.25) is 14.7 Å². The molecule has 0 amide bonds. The highest BCUT2D eigenvalue weighted by molar-refractivity contribution is 5.46. The summed E-state index contributed by atoms with van der Waals surface area (Å²) in [5, 5.41) is 2.54. The minimum atomic E-state index is -0.274. The fraction of sp³-hybridized carbons (Fsp3) is 0.333. The Morgan fingerprint density at radius 2 is 1.73 bits per heavy atom. The molecule has 22 heavy (non-hydrogen) atoms. The van der Waals surface area contributed by atoms with Crippen molar-refractivity contribution in [1.82, 2.24) is 9.78 Å². The van der Waals surface area contributed by atoms with E-state index in [4.69, 9.17) is 0 Å². The summed E-state index contributed by atoms with van der Waals surface area (Å²) < 4.78 is 14.3. The van der Waals surface area contributed by atoms with Crippen molar-refractivity contribution in [2.24, 2.45) is 0 Å². The maximum absolute atomic E-state index is 12.9. The fourth-order valence-electron chi connectivity index (χ4n) is 2.69. The van der Waals surface area contributed by atoms with Gasteiger partial charge in [0.1, 0.15) is 5.82 Å². The lowest BCUT2D eigenvalue weighted by molar-refractivity contribution is -0.924. The number of aromatic nitrogens is 2. The molecule has 1 aromatic carbocycles. The zero-order chi connectivity index (χ0) is 15.5. The van der Waals surface area contributed by atoms with Gasteiger partial charge in [-0.25, -0.2) is 4.39 Å². The van der Waals surface area contributed by atoms with E-state index in [9.17, 15) is 14.0 Å². The van der Waals surface area contributed by atoms with Crippen molar-refractivity contribution in [2.75, 3.05) is 31.1 Å². The molecule has 6 nitrogen and oxygen atoms in total. The SMILES string of the molecule is O=c1ccc(=O)n(C[NH+]2CCN(c3ccc(F)cc3)CC2)[nH]1. The van der Waals surface area contributed by atoms with E-state index in [1.807, 2.05) is 0 Å². The van der Waals surface area contributed by atoms with Gasteiger partial charge in [-0.05, 0) is 24.3 Å². The summed E-state index contributed by atoms with van der Waals surface area (Å²) in [4.78, 5) is 26.4. The highest BCUT2D eigenvalue weighted by atomic mass is 19.1. The number of quaternary nitrogens is 1. The largest absolute Gasteiger partial charge is 0.360 e. The first-order chi connectivity index (χ1) is 10.6. The molecule has 0 bridgehead atoms. The minimum absolute atomic E-state index is 0.201. The van der Waals surface area contributed by atoms with Crippen LogP contribution in [0.5, 0.6) is 0 Å². The van der Waals surface area contributed by atoms with Crippen molar-refractivity contribution < 1.29 is 9.29 Å². The number of nitrogens with zero attached hydrogens (tertiary/aromatic N) is 2. The number of benzene rings is 1. The van der Waals surface area contributed by atoms with Crippen molar-refractivity contribution in [3.63, 3.8) is 0 Å². The number of anilines is 1. The number of halogens is 1. The quantitative estimate of drug-likeness (QED) is 0.768. The average molecular weight is 305 g/mol. The van der Waals surface area contributed by atoms with Crippen LogP contribution in [-0.2, 0) is 6.67 Å². The van der Waals surface area contributed by atoms with Crippen LogP contribution in [0.15, 0.2) is 46.0 Å². The number of nitrogens with one attached hydrogen (secondary N) is 2. The number of hydrogen-bond donors (Lipinski definition) is 2. The second-order valence-electron chi connectivity index (χ2n) is 5.45. The summed E-state index contributed by atoms with van der Waals surface area (Å²) >= 11 is 0. The molecule has 1 aromatic heterocycles. The first-order valence-corrected chi connectivity index (χ1v) is 7.26. The van der Waals surface area contributed by atoms with Crippen LogP contribution < -0.4 is 20.9 Å². The van der Waals surface area contributed by atoms with E-state index in [2.05, 4.69) is 10.00 Å². The molecular weight excluding hydrogens is 287 g/mol. The van der Waals surface area contributed by atoms with Crippen LogP contribution in [0.2, 0.25) is 0 Å². The van der Waals surface area contributed by atoms with Gasteiger partial charge in [0.05, 0.1) is 26.2 Å². The number of H-pyrrole nitrogens is 1. The Balaban J connectivity index is 1.62. The maximum Gasteiger partial charge on any atom is 0.269 e. The molecule has 0 radical (unpaired) electrons. The maximum atomic E-state index is 12.9. The Labute approximate surface area is 126 Å². The summed E-state index contributed by atoms with van der Waals surface area (Å²) in [5.41, 5.74) is 0.530. The molecule has 0 atom stereocenters. The summed E-state index contributed by atoms with van der Waals surface area (Å²) in [6.45, 7) is 3.80. The van der Waals surface area contributed by atoms with Crippen LogP contribution >= 0.6 is 0 Å². The number of hydrogen-bond acceptors (Lipinski definition) is 3. The van der Waals surface area contributed by atoms with E-state index in [1.54, 1.807) is 12.1 Å². The lowest BCUT2D eigenvalue weighted by Crippen LogP contribution is -3.14. The normalized spacial score (nSPS) is 16.0. The lowest BCUT2D eigenvalue weighted by Gasteiger charge is -2.33. The fourth-order valence-corrected chi connectivity index (χ4v) is 2.69. The molecule has 0 saturated carbocycles. The van der Waals surface area contributed by atoms with Crippen LogP contribution in [0.1, 0.15) is 0 Å². The first kappa shape index (κ1) is 14.5. The summed E-state index contributed by atoms with van der Waals surface area (Å²) in [7, 11) is 0. The van der Waals surface area contributed by atoms with Gasteiger partial charge >= 0.3 is 0 Å². The summed E-state index contributed by atoms with van der Waals surface area (Å²) in [6, 6.07) is 9.00. The highest BCUT2D eigenvalue weighted by Gasteiger charge is 2.20. The van der Waals surface area contributed by atoms with Gasteiger partial charge in [-0.1, -0.05) is 0 Å². The number of aromatic amines is 1. The predicted molar refractivity (Wildman–Crippen MR) is 80.6 cm³/mol. The molecule has 116 valence electrons. The van der Waals surface area contributed by atoms with Gasteiger partial charge < -0.3 is 9.80 Å². The second kappa shape index (κ2) is 6.15. The molecule has 1 aliphatic heterocycles. The molecule has 0 spiro atoms. The van der Waals surface area contributed by atoms with Crippen LogP contribution in [0.25, 0.3) is 0 Å². The zero-order valence-electron chi connectivity index (χ0n) is 12.1.